The number of aromatic nitrogens is 1. The first-order valence-electron chi connectivity index (χ1n) is 13.3. The number of aryl methyl sites for hydroxylation is 1. The Bertz CT molecular complexity index is 1300. The number of nitrogens with one attached hydrogen (secondary N) is 1. The van der Waals surface area contributed by atoms with Crippen molar-refractivity contribution >= 4 is 11.6 Å². The fraction of sp³-hybridized carbons (Fsp3) is 0.419. The molecule has 0 saturated heterocycles. The van der Waals surface area contributed by atoms with Gasteiger partial charge in [0.15, 0.2) is 0 Å². The molecule has 0 aliphatic heterocycles. The van der Waals surface area contributed by atoms with Crippen LogP contribution in [0.5, 0.6) is 0 Å². The summed E-state index contributed by atoms with van der Waals surface area (Å²) in [5, 5.41) is 14.0. The number of alkyl halides is 3. The van der Waals surface area contributed by atoms with Crippen LogP contribution in [0.3, 0.4) is 0 Å². The molecular weight excluding hydrogens is 489 g/mol. The Morgan fingerprint density at radius 2 is 1.97 bits per heavy atom. The van der Waals surface area contributed by atoms with E-state index in [4.69, 9.17) is 0 Å². The number of carbonyl (C=O) groups excluding carboxylic acids is 1. The predicted octanol–water partition coefficient (Wildman–Crippen LogP) is 7.02. The second kappa shape index (κ2) is 10.5. The zero-order chi connectivity index (χ0) is 26.9. The van der Waals surface area contributed by atoms with Crippen LogP contribution < -0.4 is 5.32 Å². The number of halogens is 3. The molecule has 38 heavy (non-hydrogen) atoms. The molecule has 3 atom stereocenters. The van der Waals surface area contributed by atoms with E-state index in [9.17, 15) is 23.1 Å². The number of anilines is 1. The summed E-state index contributed by atoms with van der Waals surface area (Å²) < 4.78 is 38.7. The van der Waals surface area contributed by atoms with Gasteiger partial charge >= 0.3 is 6.18 Å². The van der Waals surface area contributed by atoms with Gasteiger partial charge in [-0.2, -0.15) is 13.2 Å². The molecule has 4 nitrogen and oxygen atoms in total. The first kappa shape index (κ1) is 26.4. The molecule has 0 spiro atoms. The molecular formula is C31H33F3N2O2. The van der Waals surface area contributed by atoms with Gasteiger partial charge in [-0.3, -0.25) is 9.78 Å². The monoisotopic (exact) mass is 522 g/mol. The smallest absolute Gasteiger partial charge is 0.389 e. The zero-order valence-electron chi connectivity index (χ0n) is 21.5. The zero-order valence-corrected chi connectivity index (χ0v) is 21.5. The molecule has 2 aromatic rings. The molecule has 0 radical (unpaired) electrons. The summed E-state index contributed by atoms with van der Waals surface area (Å²) in [5.74, 6) is -0.135. The van der Waals surface area contributed by atoms with Gasteiger partial charge < -0.3 is 10.4 Å². The summed E-state index contributed by atoms with van der Waals surface area (Å²) in [6.07, 6.45) is 5.40. The molecule has 7 heteroatoms. The van der Waals surface area contributed by atoms with E-state index in [1.165, 1.54) is 11.1 Å². The fourth-order valence-corrected chi connectivity index (χ4v) is 6.28. The lowest BCUT2D eigenvalue weighted by Gasteiger charge is -2.44. The van der Waals surface area contributed by atoms with Crippen LogP contribution in [0.15, 0.2) is 83.2 Å². The lowest BCUT2D eigenvalue weighted by atomic mass is 9.63. The number of rotatable bonds is 6. The Labute approximate surface area is 221 Å². The van der Waals surface area contributed by atoms with Gasteiger partial charge in [0.1, 0.15) is 0 Å². The number of nitrogens with zero attached hydrogens (tertiary/aromatic N) is 1. The number of carbonyl (C=O) groups is 1. The highest BCUT2D eigenvalue weighted by Gasteiger charge is 2.43. The SMILES string of the molecule is Cc1ccncc1NC(=O)C1=C[C@@H](Cc2ccccc2)C2=C3CC[C@@](O)(CCC(F)(F)F)C[C@H]3CCC2=C1. The Hall–Kier alpha value is -3.19. The quantitative estimate of drug-likeness (QED) is 0.429. The number of aliphatic hydroxyl groups is 1. The van der Waals surface area contributed by atoms with Gasteiger partial charge in [-0.15, -0.1) is 0 Å². The van der Waals surface area contributed by atoms with Crippen molar-refractivity contribution in [2.75, 3.05) is 5.32 Å². The molecule has 1 aromatic heterocycles. The van der Waals surface area contributed by atoms with E-state index in [0.717, 1.165) is 36.0 Å². The van der Waals surface area contributed by atoms with Gasteiger partial charge in [-0.25, -0.2) is 0 Å². The van der Waals surface area contributed by atoms with Crippen LogP contribution >= 0.6 is 0 Å². The van der Waals surface area contributed by atoms with Crippen molar-refractivity contribution in [1.29, 1.82) is 0 Å². The predicted molar refractivity (Wildman–Crippen MR) is 141 cm³/mol. The topological polar surface area (TPSA) is 62.2 Å². The average molecular weight is 523 g/mol. The third-order valence-corrected chi connectivity index (χ3v) is 8.24. The summed E-state index contributed by atoms with van der Waals surface area (Å²) in [6, 6.07) is 12.0. The molecule has 1 fully saturated rings. The minimum absolute atomic E-state index is 0.0210. The van der Waals surface area contributed by atoms with Crippen LogP contribution in [0.4, 0.5) is 18.9 Å². The molecule has 0 bridgehead atoms. The van der Waals surface area contributed by atoms with Crippen molar-refractivity contribution in [2.45, 2.75) is 70.1 Å². The van der Waals surface area contributed by atoms with Crippen LogP contribution in [0, 0.1) is 18.8 Å². The standard InChI is InChI=1S/C31H33F3N2O2/c1-20-10-14-35-19-27(20)36-29(37)25-16-22-7-8-23-18-30(38,12-13-31(32,33)34)11-9-26(23)28(22)24(17-25)15-21-5-3-2-4-6-21/h2-6,10,14,16-17,19,23-24,38H,7-9,11-13,15,18H2,1H3,(H,36,37)/t23-,24-,30-/m1/s1. The molecule has 2 N–H and O–H groups in total. The van der Waals surface area contributed by atoms with Gasteiger partial charge in [0, 0.05) is 24.1 Å². The van der Waals surface area contributed by atoms with Gasteiger partial charge in [0.2, 0.25) is 0 Å². The van der Waals surface area contributed by atoms with Crippen molar-refractivity contribution in [3.63, 3.8) is 0 Å². The molecule has 200 valence electrons. The number of amides is 1. The van der Waals surface area contributed by atoms with Crippen LogP contribution in [-0.4, -0.2) is 27.8 Å². The molecule has 5 rings (SSSR count). The number of hydrogen-bond acceptors (Lipinski definition) is 3. The molecule has 1 heterocycles. The van der Waals surface area contributed by atoms with Crippen LogP contribution in [0.25, 0.3) is 0 Å². The number of hydrogen-bond donors (Lipinski definition) is 2. The number of fused-ring (bicyclic) bond motifs is 2. The van der Waals surface area contributed by atoms with E-state index in [1.54, 1.807) is 12.4 Å². The minimum Gasteiger partial charge on any atom is -0.390 e. The number of allylic oxidation sites excluding steroid dienone is 4. The Morgan fingerprint density at radius 3 is 2.71 bits per heavy atom. The Balaban J connectivity index is 1.44. The number of benzene rings is 1. The minimum atomic E-state index is -4.27. The largest absolute Gasteiger partial charge is 0.390 e. The molecule has 3 aliphatic carbocycles. The summed E-state index contributed by atoms with van der Waals surface area (Å²) in [6.45, 7) is 1.92. The molecule has 3 aliphatic rings. The van der Waals surface area contributed by atoms with E-state index >= 15 is 0 Å². The highest BCUT2D eigenvalue weighted by Crippen LogP contribution is 2.51. The van der Waals surface area contributed by atoms with Crippen LogP contribution in [0.1, 0.15) is 56.1 Å². The molecule has 1 amide bonds. The van der Waals surface area contributed by atoms with Gasteiger partial charge in [-0.1, -0.05) is 42.0 Å². The highest BCUT2D eigenvalue weighted by atomic mass is 19.4. The van der Waals surface area contributed by atoms with Crippen molar-refractivity contribution in [2.24, 2.45) is 11.8 Å². The lowest BCUT2D eigenvalue weighted by molar-refractivity contribution is -0.149. The van der Waals surface area contributed by atoms with E-state index in [0.29, 0.717) is 30.5 Å². The second-order valence-corrected chi connectivity index (χ2v) is 11.0. The maximum Gasteiger partial charge on any atom is 0.389 e. The van der Waals surface area contributed by atoms with Gasteiger partial charge in [0.25, 0.3) is 5.91 Å². The summed E-state index contributed by atoms with van der Waals surface area (Å²) >= 11 is 0. The Kier molecular flexibility index (Phi) is 7.32. The summed E-state index contributed by atoms with van der Waals surface area (Å²) in [4.78, 5) is 17.4. The lowest BCUT2D eigenvalue weighted by Crippen LogP contribution is -2.39. The number of pyridine rings is 1. The van der Waals surface area contributed by atoms with E-state index in [2.05, 4.69) is 22.4 Å². The van der Waals surface area contributed by atoms with Crippen molar-refractivity contribution in [3.05, 3.63) is 94.4 Å². The van der Waals surface area contributed by atoms with Gasteiger partial charge in [-0.05, 0) is 92.2 Å². The normalized spacial score (nSPS) is 25.2. The first-order valence-corrected chi connectivity index (χ1v) is 13.3. The van der Waals surface area contributed by atoms with Crippen molar-refractivity contribution < 1.29 is 23.1 Å². The van der Waals surface area contributed by atoms with E-state index in [-0.39, 0.29) is 24.2 Å². The fourth-order valence-electron chi connectivity index (χ4n) is 6.28. The third-order valence-electron chi connectivity index (χ3n) is 8.24. The summed E-state index contributed by atoms with van der Waals surface area (Å²) in [5.41, 5.74) is 5.70. The van der Waals surface area contributed by atoms with E-state index in [1.807, 2.05) is 43.3 Å². The molecule has 1 saturated carbocycles. The summed E-state index contributed by atoms with van der Waals surface area (Å²) in [7, 11) is 0. The second-order valence-electron chi connectivity index (χ2n) is 11.0. The van der Waals surface area contributed by atoms with Crippen molar-refractivity contribution in [1.82, 2.24) is 4.98 Å². The average Bonchev–Trinajstić information content (AvgIpc) is 2.88. The maximum absolute atomic E-state index is 13.3. The van der Waals surface area contributed by atoms with Crippen LogP contribution in [-0.2, 0) is 11.2 Å². The maximum atomic E-state index is 13.3. The van der Waals surface area contributed by atoms with E-state index < -0.39 is 18.2 Å². The molecule has 1 aromatic carbocycles. The highest BCUT2D eigenvalue weighted by molar-refractivity contribution is 6.06. The molecule has 0 unspecified atom stereocenters. The van der Waals surface area contributed by atoms with Crippen molar-refractivity contribution in [3.8, 4) is 0 Å². The van der Waals surface area contributed by atoms with Gasteiger partial charge in [0.05, 0.1) is 17.5 Å². The third kappa shape index (κ3) is 5.93. The van der Waals surface area contributed by atoms with Crippen LogP contribution in [0.2, 0.25) is 0 Å². The Morgan fingerprint density at radius 1 is 1.18 bits per heavy atom. The first-order chi connectivity index (χ1) is 18.1.